The molecule has 0 aliphatic carbocycles. The summed E-state index contributed by atoms with van der Waals surface area (Å²) in [5, 5.41) is 15.5. The van der Waals surface area contributed by atoms with E-state index < -0.39 is 23.8 Å². The molecule has 2 rings (SSSR count). The molecule has 0 fully saturated rings. The number of benzene rings is 2. The first-order valence-corrected chi connectivity index (χ1v) is 14.4. The summed E-state index contributed by atoms with van der Waals surface area (Å²) in [5.74, 6) is -0.539. The van der Waals surface area contributed by atoms with Crippen molar-refractivity contribution in [3.05, 3.63) is 65.2 Å². The molecule has 0 saturated heterocycles. The number of ether oxygens (including phenoxy) is 1. The van der Waals surface area contributed by atoms with Gasteiger partial charge in [-0.25, -0.2) is 4.79 Å². The molecule has 0 radical (unpaired) electrons. The first-order chi connectivity index (χ1) is 18.9. The highest BCUT2D eigenvalue weighted by Crippen LogP contribution is 2.27. The zero-order chi connectivity index (χ0) is 29.9. The minimum Gasteiger partial charge on any atom is -0.508 e. The molecular weight excluding hydrogens is 506 g/mol. The highest BCUT2D eigenvalue weighted by Gasteiger charge is 2.38. The lowest BCUT2D eigenvalue weighted by atomic mass is 9.97. The second kappa shape index (κ2) is 15.3. The van der Waals surface area contributed by atoms with Gasteiger partial charge in [-0.2, -0.15) is 0 Å². The first-order valence-electron chi connectivity index (χ1n) is 14.4. The Morgan fingerprint density at radius 2 is 1.55 bits per heavy atom. The van der Waals surface area contributed by atoms with E-state index in [-0.39, 0.29) is 30.0 Å². The highest BCUT2D eigenvalue weighted by molar-refractivity contribution is 5.92. The minimum absolute atomic E-state index is 0.104. The van der Waals surface area contributed by atoms with Gasteiger partial charge in [0.1, 0.15) is 23.4 Å². The van der Waals surface area contributed by atoms with Crippen molar-refractivity contribution >= 4 is 17.9 Å². The fourth-order valence-electron chi connectivity index (χ4n) is 4.35. The van der Waals surface area contributed by atoms with Gasteiger partial charge in [0, 0.05) is 19.0 Å². The van der Waals surface area contributed by atoms with Gasteiger partial charge in [0.15, 0.2) is 0 Å². The SMILES string of the molecule is CCCCNC(=O)C(c1ccc(CC)cc1)N(C(=O)C(Cc1ccc(O)cc1)NC(=O)OC(C)(C)C)C(C)CC. The van der Waals surface area contributed by atoms with Crippen LogP contribution in [0.5, 0.6) is 5.75 Å². The monoisotopic (exact) mass is 553 g/mol. The van der Waals surface area contributed by atoms with Gasteiger partial charge in [-0.15, -0.1) is 0 Å². The number of amides is 3. The van der Waals surface area contributed by atoms with E-state index in [1.807, 2.05) is 38.1 Å². The van der Waals surface area contributed by atoms with Crippen LogP contribution in [0.1, 0.15) is 90.5 Å². The average molecular weight is 554 g/mol. The molecule has 0 spiro atoms. The van der Waals surface area contributed by atoms with Gasteiger partial charge in [-0.05, 0) is 75.8 Å². The summed E-state index contributed by atoms with van der Waals surface area (Å²) in [5.41, 5.74) is 1.83. The number of aryl methyl sites for hydroxylation is 1. The van der Waals surface area contributed by atoms with Crippen LogP contribution in [0.25, 0.3) is 0 Å². The number of alkyl carbamates (subject to hydrolysis) is 1. The van der Waals surface area contributed by atoms with Crippen LogP contribution < -0.4 is 10.6 Å². The Morgan fingerprint density at radius 3 is 2.08 bits per heavy atom. The number of rotatable bonds is 13. The molecule has 3 N–H and O–H groups in total. The van der Waals surface area contributed by atoms with Crippen molar-refractivity contribution < 1.29 is 24.2 Å². The maximum atomic E-state index is 14.4. The third kappa shape index (κ3) is 9.88. The summed E-state index contributed by atoms with van der Waals surface area (Å²) < 4.78 is 5.49. The molecule has 0 aromatic heterocycles. The molecule has 0 bridgehead atoms. The van der Waals surface area contributed by atoms with Gasteiger partial charge < -0.3 is 25.4 Å². The van der Waals surface area contributed by atoms with E-state index in [1.165, 1.54) is 12.1 Å². The average Bonchev–Trinajstić information content (AvgIpc) is 2.90. The van der Waals surface area contributed by atoms with Crippen molar-refractivity contribution in [1.29, 1.82) is 0 Å². The third-order valence-corrected chi connectivity index (χ3v) is 6.75. The molecule has 40 heavy (non-hydrogen) atoms. The molecule has 8 nitrogen and oxygen atoms in total. The molecule has 220 valence electrons. The molecule has 0 aliphatic heterocycles. The molecule has 3 amide bonds. The largest absolute Gasteiger partial charge is 0.508 e. The number of hydrogen-bond donors (Lipinski definition) is 3. The van der Waals surface area contributed by atoms with Gasteiger partial charge in [-0.1, -0.05) is 63.6 Å². The fraction of sp³-hybridized carbons (Fsp3) is 0.531. The third-order valence-electron chi connectivity index (χ3n) is 6.75. The van der Waals surface area contributed by atoms with E-state index in [4.69, 9.17) is 4.74 Å². The maximum Gasteiger partial charge on any atom is 0.408 e. The van der Waals surface area contributed by atoms with Gasteiger partial charge in [-0.3, -0.25) is 9.59 Å². The van der Waals surface area contributed by atoms with Crippen LogP contribution in [0.3, 0.4) is 0 Å². The number of phenolic OH excluding ortho intramolecular Hbond substituents is 1. The molecule has 0 saturated carbocycles. The molecule has 8 heteroatoms. The van der Waals surface area contributed by atoms with Crippen molar-refractivity contribution in [2.45, 2.75) is 104 Å². The molecule has 3 atom stereocenters. The Morgan fingerprint density at radius 1 is 0.950 bits per heavy atom. The van der Waals surface area contributed by atoms with Crippen LogP contribution in [-0.4, -0.2) is 52.1 Å². The summed E-state index contributed by atoms with van der Waals surface area (Å²) in [6, 6.07) is 12.1. The Bertz CT molecular complexity index is 1090. The summed E-state index contributed by atoms with van der Waals surface area (Å²) >= 11 is 0. The standard InChI is InChI=1S/C32H47N3O5/c1-8-11-20-33-29(37)28(25-16-12-23(10-3)13-17-25)35(22(4)9-2)30(38)27(34-31(39)40-32(5,6)7)21-24-14-18-26(36)19-15-24/h12-19,22,27-28,36H,8-11,20-21H2,1-7H3,(H,33,37)(H,34,39). The van der Waals surface area contributed by atoms with Gasteiger partial charge in [0.25, 0.3) is 0 Å². The zero-order valence-corrected chi connectivity index (χ0v) is 25.1. The molecule has 3 unspecified atom stereocenters. The maximum absolute atomic E-state index is 14.4. The van der Waals surface area contributed by atoms with Gasteiger partial charge in [0.05, 0.1) is 0 Å². The Hall–Kier alpha value is -3.55. The number of carbonyl (C=O) groups excluding carboxylic acids is 3. The lowest BCUT2D eigenvalue weighted by Gasteiger charge is -2.38. The van der Waals surface area contributed by atoms with E-state index in [2.05, 4.69) is 24.5 Å². The van der Waals surface area contributed by atoms with Crippen LogP contribution in [0.4, 0.5) is 4.79 Å². The Labute approximate surface area is 239 Å². The van der Waals surface area contributed by atoms with Gasteiger partial charge in [0.2, 0.25) is 11.8 Å². The Balaban J connectivity index is 2.56. The molecular formula is C32H47N3O5. The van der Waals surface area contributed by atoms with Crippen LogP contribution in [-0.2, 0) is 27.2 Å². The summed E-state index contributed by atoms with van der Waals surface area (Å²) in [7, 11) is 0. The zero-order valence-electron chi connectivity index (χ0n) is 25.1. The molecule has 2 aromatic rings. The first kappa shape index (κ1) is 32.7. The smallest absolute Gasteiger partial charge is 0.408 e. The number of phenols is 1. The van der Waals surface area contributed by atoms with Crippen LogP contribution in [0.15, 0.2) is 48.5 Å². The quantitative estimate of drug-likeness (QED) is 0.277. The van der Waals surface area contributed by atoms with E-state index in [0.717, 1.165) is 30.4 Å². The summed E-state index contributed by atoms with van der Waals surface area (Å²) in [6.45, 7) is 13.8. The highest BCUT2D eigenvalue weighted by atomic mass is 16.6. The molecule has 0 heterocycles. The number of unbranched alkanes of at least 4 members (excludes halogenated alkanes) is 1. The number of nitrogens with one attached hydrogen (secondary N) is 2. The molecule has 0 aliphatic rings. The fourth-order valence-corrected chi connectivity index (χ4v) is 4.35. The van der Waals surface area contributed by atoms with E-state index in [9.17, 15) is 19.5 Å². The predicted molar refractivity (Wildman–Crippen MR) is 158 cm³/mol. The summed E-state index contributed by atoms with van der Waals surface area (Å²) in [4.78, 5) is 42.6. The van der Waals surface area contributed by atoms with Crippen molar-refractivity contribution in [3.63, 3.8) is 0 Å². The van der Waals surface area contributed by atoms with Crippen molar-refractivity contribution in [3.8, 4) is 5.75 Å². The minimum atomic E-state index is -1.01. The number of aromatic hydroxyl groups is 1. The van der Waals surface area contributed by atoms with Crippen LogP contribution in [0, 0.1) is 0 Å². The van der Waals surface area contributed by atoms with Crippen molar-refractivity contribution in [2.24, 2.45) is 0 Å². The van der Waals surface area contributed by atoms with Crippen LogP contribution in [0.2, 0.25) is 0 Å². The normalized spacial score (nSPS) is 13.6. The number of nitrogens with zero attached hydrogens (tertiary/aromatic N) is 1. The number of hydrogen-bond acceptors (Lipinski definition) is 5. The van der Waals surface area contributed by atoms with Crippen molar-refractivity contribution in [1.82, 2.24) is 15.5 Å². The lowest BCUT2D eigenvalue weighted by Crippen LogP contribution is -2.56. The van der Waals surface area contributed by atoms with E-state index in [0.29, 0.717) is 18.5 Å². The number of carbonyl (C=O) groups is 3. The lowest BCUT2D eigenvalue weighted by molar-refractivity contribution is -0.145. The second-order valence-electron chi connectivity index (χ2n) is 11.2. The second-order valence-corrected chi connectivity index (χ2v) is 11.2. The molecule has 2 aromatic carbocycles. The van der Waals surface area contributed by atoms with E-state index in [1.54, 1.807) is 37.8 Å². The van der Waals surface area contributed by atoms with Gasteiger partial charge >= 0.3 is 6.09 Å². The summed E-state index contributed by atoms with van der Waals surface area (Å²) in [6.07, 6.45) is 2.66. The Kier molecular flexibility index (Phi) is 12.5. The van der Waals surface area contributed by atoms with E-state index >= 15 is 0 Å². The predicted octanol–water partition coefficient (Wildman–Crippen LogP) is 5.68. The van der Waals surface area contributed by atoms with Crippen molar-refractivity contribution in [2.75, 3.05) is 6.54 Å². The van der Waals surface area contributed by atoms with Crippen LogP contribution >= 0.6 is 0 Å². The topological polar surface area (TPSA) is 108 Å².